The molecule has 0 N–H and O–H groups in total. The molecule has 12 heteroatoms. The van der Waals surface area contributed by atoms with E-state index in [1.807, 2.05) is 0 Å². The molecule has 1 unspecified atom stereocenters. The molecule has 1 aliphatic heterocycles. The Morgan fingerprint density at radius 1 is 1.03 bits per heavy atom. The summed E-state index contributed by atoms with van der Waals surface area (Å²) in [5.74, 6) is 0.282. The molecule has 0 spiro atoms. The molecular weight excluding hydrogens is 434 g/mol. The van der Waals surface area contributed by atoms with Crippen molar-refractivity contribution < 1.29 is 24.1 Å². The Morgan fingerprint density at radius 2 is 1.76 bits per heavy atom. The van der Waals surface area contributed by atoms with Crippen molar-refractivity contribution in [2.75, 3.05) is 0 Å². The number of carbonyl (C=O) groups excluding carboxylic acids is 1. The molecule has 33 heavy (non-hydrogen) atoms. The first-order valence-electron chi connectivity index (χ1n) is 9.50. The predicted molar refractivity (Wildman–Crippen MR) is 113 cm³/mol. The summed E-state index contributed by atoms with van der Waals surface area (Å²) >= 11 is 0. The third-order valence-electron chi connectivity index (χ3n) is 4.59. The van der Waals surface area contributed by atoms with Crippen molar-refractivity contribution in [1.29, 1.82) is 0 Å². The molecule has 4 rings (SSSR count). The van der Waals surface area contributed by atoms with E-state index in [-0.39, 0.29) is 29.1 Å². The largest absolute Gasteiger partial charge is 0.446 e. The quantitative estimate of drug-likeness (QED) is 0.406. The molecule has 3 aromatic rings. The van der Waals surface area contributed by atoms with Gasteiger partial charge in [-0.3, -0.25) is 25.0 Å². The van der Waals surface area contributed by atoms with Crippen LogP contribution in [0.2, 0.25) is 0 Å². The topological polar surface area (TPSA) is 150 Å². The number of nitro benzene ring substituents is 1. The Hall–Kier alpha value is -4.87. The molecule has 0 bridgehead atoms. The Morgan fingerprint density at radius 3 is 2.36 bits per heavy atom. The first kappa shape index (κ1) is 21.4. The van der Waals surface area contributed by atoms with Gasteiger partial charge in [-0.1, -0.05) is 6.07 Å². The van der Waals surface area contributed by atoms with Crippen LogP contribution in [0.25, 0.3) is 0 Å². The zero-order valence-corrected chi connectivity index (χ0v) is 17.0. The SMILES string of the molecule is CC(=O)N1N=C(c2cccc([N+](=O)[O-])c2)OC1c1ccc(Oc2ccc([N+](=O)[O-])cn2)cc1. The van der Waals surface area contributed by atoms with Crippen molar-refractivity contribution in [2.45, 2.75) is 13.2 Å². The number of hydrogen-bond acceptors (Lipinski definition) is 9. The van der Waals surface area contributed by atoms with Gasteiger partial charge in [0.1, 0.15) is 11.9 Å². The van der Waals surface area contributed by atoms with Crippen LogP contribution >= 0.6 is 0 Å². The Bertz CT molecular complexity index is 1260. The fourth-order valence-corrected chi connectivity index (χ4v) is 3.01. The fraction of sp³-hybridized carbons (Fsp3) is 0.0952. The molecule has 0 aliphatic carbocycles. The van der Waals surface area contributed by atoms with Crippen LogP contribution in [0, 0.1) is 20.2 Å². The number of nitrogens with zero attached hydrogens (tertiary/aromatic N) is 5. The van der Waals surface area contributed by atoms with Crippen LogP contribution in [-0.4, -0.2) is 31.6 Å². The van der Waals surface area contributed by atoms with E-state index in [0.717, 1.165) is 11.2 Å². The van der Waals surface area contributed by atoms with Gasteiger partial charge in [0.15, 0.2) is 0 Å². The van der Waals surface area contributed by atoms with Crippen LogP contribution < -0.4 is 4.74 Å². The van der Waals surface area contributed by atoms with Crippen LogP contribution in [-0.2, 0) is 9.53 Å². The van der Waals surface area contributed by atoms with Crippen LogP contribution in [0.4, 0.5) is 11.4 Å². The Labute approximate surface area is 186 Å². The number of pyridine rings is 1. The molecule has 1 amide bonds. The lowest BCUT2D eigenvalue weighted by molar-refractivity contribution is -0.385. The van der Waals surface area contributed by atoms with Gasteiger partial charge >= 0.3 is 0 Å². The van der Waals surface area contributed by atoms with E-state index in [4.69, 9.17) is 9.47 Å². The highest BCUT2D eigenvalue weighted by atomic mass is 16.6. The molecule has 1 aromatic heterocycles. The zero-order valence-electron chi connectivity index (χ0n) is 17.0. The number of ether oxygens (including phenoxy) is 2. The summed E-state index contributed by atoms with van der Waals surface area (Å²) in [5.41, 5.74) is 0.665. The second-order valence-electron chi connectivity index (χ2n) is 6.83. The van der Waals surface area contributed by atoms with E-state index in [2.05, 4.69) is 10.1 Å². The molecular formula is C21H15N5O7. The number of aromatic nitrogens is 1. The van der Waals surface area contributed by atoms with E-state index in [1.54, 1.807) is 30.3 Å². The molecule has 2 aromatic carbocycles. The van der Waals surface area contributed by atoms with E-state index >= 15 is 0 Å². The second kappa shape index (κ2) is 8.70. The molecule has 0 saturated heterocycles. The zero-order chi connectivity index (χ0) is 23.5. The number of carbonyl (C=O) groups is 1. The van der Waals surface area contributed by atoms with Crippen molar-refractivity contribution in [3.05, 3.63) is 98.2 Å². The number of non-ortho nitro benzene ring substituents is 1. The Kier molecular flexibility index (Phi) is 5.64. The average Bonchev–Trinajstić information content (AvgIpc) is 3.26. The monoisotopic (exact) mass is 449 g/mol. The molecule has 1 aliphatic rings. The standard InChI is InChI=1S/C21H15N5O7/c1-13(27)24-21(33-20(23-24)15-3-2-4-16(11-15)25(28)29)14-5-8-18(9-6-14)32-19-10-7-17(12-22-19)26(30)31/h2-12,21H,1H3. The van der Waals surface area contributed by atoms with Crippen molar-refractivity contribution >= 4 is 23.2 Å². The molecule has 0 radical (unpaired) electrons. The highest BCUT2D eigenvalue weighted by molar-refractivity contribution is 5.96. The maximum atomic E-state index is 12.1. The maximum absolute atomic E-state index is 12.1. The number of amides is 1. The number of hydrogen-bond donors (Lipinski definition) is 0. The first-order valence-corrected chi connectivity index (χ1v) is 9.50. The van der Waals surface area contributed by atoms with Gasteiger partial charge in [-0.2, -0.15) is 5.01 Å². The van der Waals surface area contributed by atoms with Crippen LogP contribution in [0.1, 0.15) is 24.3 Å². The van der Waals surface area contributed by atoms with Crippen LogP contribution in [0.3, 0.4) is 0 Å². The van der Waals surface area contributed by atoms with Gasteiger partial charge in [0.25, 0.3) is 11.4 Å². The van der Waals surface area contributed by atoms with Crippen LogP contribution in [0.15, 0.2) is 72.0 Å². The minimum atomic E-state index is -0.872. The lowest BCUT2D eigenvalue weighted by atomic mass is 10.1. The van der Waals surface area contributed by atoms with Crippen molar-refractivity contribution in [1.82, 2.24) is 9.99 Å². The van der Waals surface area contributed by atoms with Gasteiger partial charge in [-0.25, -0.2) is 4.98 Å². The molecule has 2 heterocycles. The lowest BCUT2D eigenvalue weighted by Gasteiger charge is -2.19. The minimum Gasteiger partial charge on any atom is -0.446 e. The highest BCUT2D eigenvalue weighted by Crippen LogP contribution is 2.32. The van der Waals surface area contributed by atoms with Gasteiger partial charge in [0.2, 0.25) is 23.9 Å². The van der Waals surface area contributed by atoms with Crippen molar-refractivity contribution in [3.8, 4) is 11.6 Å². The maximum Gasteiger partial charge on any atom is 0.287 e. The number of hydrazone groups is 1. The lowest BCUT2D eigenvalue weighted by Crippen LogP contribution is -2.25. The van der Waals surface area contributed by atoms with Crippen LogP contribution in [0.5, 0.6) is 11.6 Å². The molecule has 0 saturated carbocycles. The van der Waals surface area contributed by atoms with Gasteiger partial charge < -0.3 is 9.47 Å². The summed E-state index contributed by atoms with van der Waals surface area (Å²) in [6.07, 6.45) is 0.219. The third-order valence-corrected chi connectivity index (χ3v) is 4.59. The summed E-state index contributed by atoms with van der Waals surface area (Å²) in [5, 5.41) is 27.1. The molecule has 166 valence electrons. The van der Waals surface area contributed by atoms with E-state index < -0.39 is 16.1 Å². The minimum absolute atomic E-state index is 0.0781. The summed E-state index contributed by atoms with van der Waals surface area (Å²) in [7, 11) is 0. The molecule has 12 nitrogen and oxygen atoms in total. The van der Waals surface area contributed by atoms with Gasteiger partial charge in [-0.15, -0.1) is 5.10 Å². The van der Waals surface area contributed by atoms with Gasteiger partial charge in [0.05, 0.1) is 9.85 Å². The third kappa shape index (κ3) is 4.58. The van der Waals surface area contributed by atoms with E-state index in [9.17, 15) is 25.0 Å². The fourth-order valence-electron chi connectivity index (χ4n) is 3.01. The smallest absolute Gasteiger partial charge is 0.287 e. The second-order valence-corrected chi connectivity index (χ2v) is 6.83. The number of benzene rings is 2. The summed E-state index contributed by atoms with van der Waals surface area (Å²) in [4.78, 5) is 36.7. The molecule has 1 atom stereocenters. The predicted octanol–water partition coefficient (Wildman–Crippen LogP) is 3.93. The van der Waals surface area contributed by atoms with Crippen molar-refractivity contribution in [3.63, 3.8) is 0 Å². The average molecular weight is 449 g/mol. The highest BCUT2D eigenvalue weighted by Gasteiger charge is 2.33. The number of rotatable bonds is 6. The summed E-state index contributed by atoms with van der Waals surface area (Å²) < 4.78 is 11.4. The summed E-state index contributed by atoms with van der Waals surface area (Å²) in [6.45, 7) is 1.33. The Balaban J connectivity index is 1.52. The van der Waals surface area contributed by atoms with E-state index in [1.165, 1.54) is 37.3 Å². The molecule has 0 fully saturated rings. The normalized spacial score (nSPS) is 14.9. The van der Waals surface area contributed by atoms with Crippen molar-refractivity contribution in [2.24, 2.45) is 5.10 Å². The first-order chi connectivity index (χ1) is 15.8. The number of nitro groups is 2. The van der Waals surface area contributed by atoms with Gasteiger partial charge in [-0.05, 0) is 30.3 Å². The van der Waals surface area contributed by atoms with E-state index in [0.29, 0.717) is 16.9 Å². The van der Waals surface area contributed by atoms with Gasteiger partial charge in [0, 0.05) is 42.3 Å². The summed E-state index contributed by atoms with van der Waals surface area (Å²) in [6, 6.07) is 15.0.